The third kappa shape index (κ3) is 5.51. The maximum atomic E-state index is 12.5. The molecule has 0 aliphatic carbocycles. The first-order valence-electron chi connectivity index (χ1n) is 10.7. The summed E-state index contributed by atoms with van der Waals surface area (Å²) in [6.07, 6.45) is 2.91. The van der Waals surface area contributed by atoms with Crippen LogP contribution >= 0.6 is 0 Å². The first-order valence-corrected chi connectivity index (χ1v) is 10.7. The molecule has 8 heteroatoms. The highest BCUT2D eigenvalue weighted by Gasteiger charge is 2.30. The summed E-state index contributed by atoms with van der Waals surface area (Å²) >= 11 is 0. The minimum absolute atomic E-state index is 0.0813. The number of hydrogen-bond donors (Lipinski definition) is 1. The van der Waals surface area contributed by atoms with Gasteiger partial charge in [-0.15, -0.1) is 5.10 Å². The van der Waals surface area contributed by atoms with Crippen LogP contribution in [0.1, 0.15) is 28.0 Å². The fourth-order valence-corrected chi connectivity index (χ4v) is 3.82. The molecule has 2 heterocycles. The monoisotopic (exact) mass is 433 g/mol. The summed E-state index contributed by atoms with van der Waals surface area (Å²) in [4.78, 5) is 26.7. The van der Waals surface area contributed by atoms with Crippen LogP contribution in [-0.4, -0.2) is 51.9 Å². The molecule has 4 rings (SSSR count). The number of aromatic nitrogens is 3. The van der Waals surface area contributed by atoms with Gasteiger partial charge in [0.05, 0.1) is 13.3 Å². The maximum absolute atomic E-state index is 12.5. The first-order chi connectivity index (χ1) is 15.6. The summed E-state index contributed by atoms with van der Waals surface area (Å²) < 4.78 is 6.85. The zero-order valence-electron chi connectivity index (χ0n) is 18.1. The van der Waals surface area contributed by atoms with Crippen molar-refractivity contribution in [1.29, 1.82) is 0 Å². The Morgan fingerprint density at radius 1 is 1.12 bits per heavy atom. The van der Waals surface area contributed by atoms with Gasteiger partial charge in [-0.25, -0.2) is 0 Å². The second-order valence-corrected chi connectivity index (χ2v) is 8.00. The van der Waals surface area contributed by atoms with Gasteiger partial charge in [-0.3, -0.25) is 14.3 Å². The Morgan fingerprint density at radius 2 is 1.91 bits per heavy atom. The van der Waals surface area contributed by atoms with Gasteiger partial charge in [0.15, 0.2) is 5.69 Å². The van der Waals surface area contributed by atoms with E-state index in [4.69, 9.17) is 4.74 Å². The number of rotatable bonds is 9. The van der Waals surface area contributed by atoms with Gasteiger partial charge in [-0.2, -0.15) is 0 Å². The van der Waals surface area contributed by atoms with E-state index in [0.717, 1.165) is 17.7 Å². The quantitative estimate of drug-likeness (QED) is 0.559. The molecule has 0 bridgehead atoms. The van der Waals surface area contributed by atoms with E-state index < -0.39 is 0 Å². The molecular weight excluding hydrogens is 406 g/mol. The SMILES string of the molecule is COc1ccc(CN2CC(CNC(=O)c3cn(CCc4ccccc4)nn3)CC2=O)cc1. The molecule has 1 aliphatic rings. The van der Waals surface area contributed by atoms with Crippen LogP contribution in [0.5, 0.6) is 5.75 Å². The second kappa shape index (κ2) is 10.1. The van der Waals surface area contributed by atoms with Crippen LogP contribution in [-0.2, 0) is 24.3 Å². The Bertz CT molecular complexity index is 1050. The summed E-state index contributed by atoms with van der Waals surface area (Å²) in [6, 6.07) is 17.8. The van der Waals surface area contributed by atoms with Gasteiger partial charge >= 0.3 is 0 Å². The van der Waals surface area contributed by atoms with Crippen molar-refractivity contribution < 1.29 is 14.3 Å². The fraction of sp³-hybridized carbons (Fsp3) is 0.333. The van der Waals surface area contributed by atoms with E-state index in [9.17, 15) is 9.59 Å². The molecule has 8 nitrogen and oxygen atoms in total. The molecule has 1 unspecified atom stereocenters. The Morgan fingerprint density at radius 3 is 2.66 bits per heavy atom. The Labute approximate surface area is 187 Å². The van der Waals surface area contributed by atoms with Crippen LogP contribution in [0.15, 0.2) is 60.8 Å². The van der Waals surface area contributed by atoms with Crippen LogP contribution in [0, 0.1) is 5.92 Å². The number of aryl methyl sites for hydroxylation is 2. The topological polar surface area (TPSA) is 89.3 Å². The van der Waals surface area contributed by atoms with Crippen LogP contribution in [0.4, 0.5) is 0 Å². The number of benzene rings is 2. The summed E-state index contributed by atoms with van der Waals surface area (Å²) in [6.45, 7) is 2.26. The van der Waals surface area contributed by atoms with Crippen molar-refractivity contribution in [3.8, 4) is 5.75 Å². The number of ether oxygens (including phenoxy) is 1. The average Bonchev–Trinajstić information content (AvgIpc) is 3.44. The lowest BCUT2D eigenvalue weighted by molar-refractivity contribution is -0.128. The van der Waals surface area contributed by atoms with Gasteiger partial charge in [-0.1, -0.05) is 47.7 Å². The number of hydrogen-bond acceptors (Lipinski definition) is 5. The Kier molecular flexibility index (Phi) is 6.79. The number of carbonyl (C=O) groups is 2. The van der Waals surface area contributed by atoms with Crippen molar-refractivity contribution in [2.45, 2.75) is 25.9 Å². The molecule has 1 atom stereocenters. The summed E-state index contributed by atoms with van der Waals surface area (Å²) in [5.74, 6) is 0.709. The van der Waals surface area contributed by atoms with E-state index in [1.54, 1.807) is 18.0 Å². The Balaban J connectivity index is 1.23. The highest BCUT2D eigenvalue weighted by atomic mass is 16.5. The molecule has 32 heavy (non-hydrogen) atoms. The lowest BCUT2D eigenvalue weighted by Crippen LogP contribution is -2.31. The van der Waals surface area contributed by atoms with Gasteiger partial charge in [-0.05, 0) is 29.7 Å². The summed E-state index contributed by atoms with van der Waals surface area (Å²) in [7, 11) is 1.63. The lowest BCUT2D eigenvalue weighted by Gasteiger charge is -2.17. The zero-order valence-corrected chi connectivity index (χ0v) is 18.1. The van der Waals surface area contributed by atoms with Crippen molar-refractivity contribution in [3.05, 3.63) is 77.6 Å². The highest BCUT2D eigenvalue weighted by Crippen LogP contribution is 2.21. The number of methoxy groups -OCH3 is 1. The van der Waals surface area contributed by atoms with Gasteiger partial charge in [0, 0.05) is 38.5 Å². The zero-order chi connectivity index (χ0) is 22.3. The predicted octanol–water partition coefficient (Wildman–Crippen LogP) is 2.31. The molecule has 166 valence electrons. The van der Waals surface area contributed by atoms with Crippen molar-refractivity contribution >= 4 is 11.8 Å². The summed E-state index contributed by atoms with van der Waals surface area (Å²) in [5, 5.41) is 10.9. The van der Waals surface area contributed by atoms with Gasteiger partial charge in [0.2, 0.25) is 5.91 Å². The fourth-order valence-electron chi connectivity index (χ4n) is 3.82. The molecule has 2 amide bonds. The van der Waals surface area contributed by atoms with E-state index in [-0.39, 0.29) is 23.4 Å². The van der Waals surface area contributed by atoms with Crippen molar-refractivity contribution in [3.63, 3.8) is 0 Å². The molecule has 2 aromatic carbocycles. The normalized spacial score (nSPS) is 15.7. The standard InChI is InChI=1S/C24H27N5O3/c1-32-21-9-7-19(8-10-21)15-28-16-20(13-23(28)30)14-25-24(31)22-17-29(27-26-22)12-11-18-5-3-2-4-6-18/h2-10,17,20H,11-16H2,1H3,(H,25,31). The van der Waals surface area contributed by atoms with E-state index in [1.807, 2.05) is 47.4 Å². The lowest BCUT2D eigenvalue weighted by atomic mass is 10.1. The minimum atomic E-state index is -0.267. The third-order valence-electron chi connectivity index (χ3n) is 5.62. The molecule has 1 aromatic heterocycles. The molecule has 1 aliphatic heterocycles. The average molecular weight is 434 g/mol. The van der Waals surface area contributed by atoms with E-state index in [0.29, 0.717) is 32.6 Å². The van der Waals surface area contributed by atoms with Crippen LogP contribution in [0.25, 0.3) is 0 Å². The van der Waals surface area contributed by atoms with E-state index >= 15 is 0 Å². The molecule has 0 saturated carbocycles. The highest BCUT2D eigenvalue weighted by molar-refractivity contribution is 5.91. The van der Waals surface area contributed by atoms with E-state index in [2.05, 4.69) is 27.8 Å². The number of likely N-dealkylation sites (tertiary alicyclic amines) is 1. The largest absolute Gasteiger partial charge is 0.497 e. The van der Waals surface area contributed by atoms with Crippen LogP contribution in [0.3, 0.4) is 0 Å². The maximum Gasteiger partial charge on any atom is 0.273 e. The minimum Gasteiger partial charge on any atom is -0.497 e. The first kappa shape index (κ1) is 21.5. The molecule has 1 saturated heterocycles. The Hall–Kier alpha value is -3.68. The third-order valence-corrected chi connectivity index (χ3v) is 5.62. The smallest absolute Gasteiger partial charge is 0.273 e. The number of nitrogens with one attached hydrogen (secondary N) is 1. The molecule has 1 fully saturated rings. The molecule has 3 aromatic rings. The van der Waals surface area contributed by atoms with E-state index in [1.165, 1.54) is 5.56 Å². The van der Waals surface area contributed by atoms with Crippen molar-refractivity contribution in [2.75, 3.05) is 20.2 Å². The number of amides is 2. The molecule has 0 radical (unpaired) electrons. The number of nitrogens with zero attached hydrogens (tertiary/aromatic N) is 4. The van der Waals surface area contributed by atoms with Crippen LogP contribution in [0.2, 0.25) is 0 Å². The van der Waals surface area contributed by atoms with Crippen LogP contribution < -0.4 is 10.1 Å². The van der Waals surface area contributed by atoms with Crippen molar-refractivity contribution in [1.82, 2.24) is 25.2 Å². The van der Waals surface area contributed by atoms with Gasteiger partial charge in [0.25, 0.3) is 5.91 Å². The molecule has 0 spiro atoms. The second-order valence-electron chi connectivity index (χ2n) is 8.00. The molecule has 1 N–H and O–H groups in total. The molecular formula is C24H27N5O3. The number of carbonyl (C=O) groups excluding carboxylic acids is 2. The van der Waals surface area contributed by atoms with Crippen molar-refractivity contribution in [2.24, 2.45) is 5.92 Å². The predicted molar refractivity (Wildman–Crippen MR) is 119 cm³/mol. The van der Waals surface area contributed by atoms with Gasteiger partial charge < -0.3 is 15.0 Å². The summed E-state index contributed by atoms with van der Waals surface area (Å²) in [5.41, 5.74) is 2.55. The van der Waals surface area contributed by atoms with Gasteiger partial charge in [0.1, 0.15) is 5.75 Å².